The van der Waals surface area contributed by atoms with Crippen molar-refractivity contribution in [3.05, 3.63) is 71.4 Å². The summed E-state index contributed by atoms with van der Waals surface area (Å²) in [5.74, 6) is -0.500. The van der Waals surface area contributed by atoms with Crippen molar-refractivity contribution in [2.24, 2.45) is 0 Å². The number of aromatic nitrogens is 2. The Labute approximate surface area is 185 Å². The van der Waals surface area contributed by atoms with Crippen molar-refractivity contribution in [1.82, 2.24) is 19.6 Å². The molecule has 1 aliphatic heterocycles. The summed E-state index contributed by atoms with van der Waals surface area (Å²) in [6, 6.07) is 9.59. The number of amides is 1. The van der Waals surface area contributed by atoms with Crippen molar-refractivity contribution in [2.45, 2.75) is 38.5 Å². The first-order chi connectivity index (χ1) is 15.4. The second-order valence-electron chi connectivity index (χ2n) is 7.83. The Morgan fingerprint density at radius 3 is 2.72 bits per heavy atom. The number of piperidine rings is 1. The number of carbonyl (C=O) groups excluding carboxylic acids is 1. The van der Waals surface area contributed by atoms with Crippen LogP contribution in [0.4, 0.5) is 4.39 Å². The number of aryl methyl sites for hydroxylation is 1. The standard InChI is InChI=1S/C22H25FN4O2.CH2O2/c1-15-3-2-9-27-13-18(24-22(15)27)12-26-10-8-20(28)19(14-26)25-21(29)11-16-4-6-17(23)7-5-16;2-1-3/h2-7,9,13,19-20,28H,8,10-12,14H2,1H3,(H,25,29);1H,(H,2,3)/t19-,20-;/m1./s1. The monoisotopic (exact) mass is 442 g/mol. The molecular weight excluding hydrogens is 415 g/mol. The number of halogens is 1. The zero-order valence-electron chi connectivity index (χ0n) is 17.8. The van der Waals surface area contributed by atoms with Gasteiger partial charge in [0.25, 0.3) is 6.47 Å². The molecule has 32 heavy (non-hydrogen) atoms. The molecule has 0 unspecified atom stereocenters. The van der Waals surface area contributed by atoms with E-state index in [4.69, 9.17) is 14.9 Å². The number of hydrogen-bond donors (Lipinski definition) is 3. The van der Waals surface area contributed by atoms with Crippen LogP contribution in [0.5, 0.6) is 0 Å². The normalized spacial score (nSPS) is 18.6. The van der Waals surface area contributed by atoms with Crippen molar-refractivity contribution in [2.75, 3.05) is 13.1 Å². The lowest BCUT2D eigenvalue weighted by molar-refractivity contribution is -0.123. The van der Waals surface area contributed by atoms with Crippen molar-refractivity contribution in [3.8, 4) is 0 Å². The second-order valence-corrected chi connectivity index (χ2v) is 7.83. The van der Waals surface area contributed by atoms with Gasteiger partial charge in [-0.25, -0.2) is 9.37 Å². The third kappa shape index (κ3) is 6.12. The quantitative estimate of drug-likeness (QED) is 0.520. The lowest BCUT2D eigenvalue weighted by Gasteiger charge is -2.36. The zero-order valence-corrected chi connectivity index (χ0v) is 17.8. The van der Waals surface area contributed by atoms with Gasteiger partial charge in [-0.2, -0.15) is 0 Å². The second kappa shape index (κ2) is 10.8. The van der Waals surface area contributed by atoms with Gasteiger partial charge in [0.15, 0.2) is 0 Å². The number of pyridine rings is 1. The van der Waals surface area contributed by atoms with Crippen LogP contribution in [-0.2, 0) is 22.6 Å². The van der Waals surface area contributed by atoms with E-state index in [1.807, 2.05) is 35.9 Å². The summed E-state index contributed by atoms with van der Waals surface area (Å²) in [6.07, 6.45) is 4.18. The maximum absolute atomic E-state index is 13.0. The minimum absolute atomic E-state index is 0.162. The highest BCUT2D eigenvalue weighted by Crippen LogP contribution is 2.16. The minimum Gasteiger partial charge on any atom is -0.483 e. The number of carbonyl (C=O) groups is 2. The summed E-state index contributed by atoms with van der Waals surface area (Å²) in [5.41, 5.74) is 3.78. The van der Waals surface area contributed by atoms with E-state index in [9.17, 15) is 14.3 Å². The number of nitrogens with zero attached hydrogens (tertiary/aromatic N) is 3. The first-order valence-electron chi connectivity index (χ1n) is 10.3. The molecule has 3 heterocycles. The van der Waals surface area contributed by atoms with Crippen LogP contribution in [0, 0.1) is 12.7 Å². The molecule has 0 saturated carbocycles. The van der Waals surface area contributed by atoms with E-state index >= 15 is 0 Å². The van der Waals surface area contributed by atoms with Gasteiger partial charge in [-0.15, -0.1) is 0 Å². The van der Waals surface area contributed by atoms with E-state index < -0.39 is 6.10 Å². The Morgan fingerprint density at radius 2 is 2.03 bits per heavy atom. The number of fused-ring (bicyclic) bond motifs is 1. The number of imidazole rings is 1. The molecule has 3 aromatic rings. The zero-order chi connectivity index (χ0) is 23.1. The number of likely N-dealkylation sites (tertiary alicyclic amines) is 1. The predicted molar refractivity (Wildman–Crippen MR) is 117 cm³/mol. The molecule has 3 N–H and O–H groups in total. The van der Waals surface area contributed by atoms with Crippen LogP contribution < -0.4 is 5.32 Å². The van der Waals surface area contributed by atoms with Crippen LogP contribution in [0.25, 0.3) is 5.65 Å². The number of carboxylic acid groups (broad SMARTS) is 1. The molecule has 0 bridgehead atoms. The fourth-order valence-corrected chi connectivity index (χ4v) is 3.85. The van der Waals surface area contributed by atoms with E-state index in [0.29, 0.717) is 19.5 Å². The highest BCUT2D eigenvalue weighted by molar-refractivity contribution is 5.79. The molecule has 0 spiro atoms. The Balaban J connectivity index is 0.000000913. The van der Waals surface area contributed by atoms with Gasteiger partial charge in [0.2, 0.25) is 5.91 Å². The summed E-state index contributed by atoms with van der Waals surface area (Å²) >= 11 is 0. The average molecular weight is 442 g/mol. The highest BCUT2D eigenvalue weighted by Gasteiger charge is 2.29. The van der Waals surface area contributed by atoms with Crippen LogP contribution in [-0.4, -0.2) is 62.1 Å². The van der Waals surface area contributed by atoms with Gasteiger partial charge in [0, 0.05) is 32.0 Å². The number of aliphatic hydroxyl groups is 1. The first-order valence-corrected chi connectivity index (χ1v) is 10.3. The molecule has 1 fully saturated rings. The molecule has 170 valence electrons. The third-order valence-corrected chi connectivity index (χ3v) is 5.40. The number of nitrogens with one attached hydrogen (secondary N) is 1. The Kier molecular flexibility index (Phi) is 7.91. The molecule has 2 aromatic heterocycles. The smallest absolute Gasteiger partial charge is 0.290 e. The maximum atomic E-state index is 13.0. The van der Waals surface area contributed by atoms with Gasteiger partial charge in [-0.1, -0.05) is 18.2 Å². The van der Waals surface area contributed by atoms with Crippen molar-refractivity contribution in [1.29, 1.82) is 0 Å². The average Bonchev–Trinajstić information content (AvgIpc) is 3.17. The van der Waals surface area contributed by atoms with Gasteiger partial charge in [-0.05, 0) is 42.7 Å². The predicted octanol–water partition coefficient (Wildman–Crippen LogP) is 1.78. The SMILES string of the molecule is Cc1cccn2cc(CN3CC[C@@H](O)[C@H](NC(=O)Cc4ccc(F)cc4)C3)nc12.O=CO. The van der Waals surface area contributed by atoms with Gasteiger partial charge in [0.1, 0.15) is 11.5 Å². The van der Waals surface area contributed by atoms with E-state index in [-0.39, 0.29) is 30.7 Å². The van der Waals surface area contributed by atoms with E-state index in [0.717, 1.165) is 29.0 Å². The third-order valence-electron chi connectivity index (χ3n) is 5.40. The van der Waals surface area contributed by atoms with Gasteiger partial charge in [-0.3, -0.25) is 14.5 Å². The maximum Gasteiger partial charge on any atom is 0.290 e. The van der Waals surface area contributed by atoms with Crippen molar-refractivity contribution in [3.63, 3.8) is 0 Å². The van der Waals surface area contributed by atoms with Crippen LogP contribution >= 0.6 is 0 Å². The Bertz CT molecular complexity index is 1050. The van der Waals surface area contributed by atoms with E-state index in [2.05, 4.69) is 10.2 Å². The minimum atomic E-state index is -0.577. The fourth-order valence-electron chi connectivity index (χ4n) is 3.85. The molecule has 1 saturated heterocycles. The van der Waals surface area contributed by atoms with Crippen LogP contribution in [0.15, 0.2) is 48.8 Å². The topological polar surface area (TPSA) is 107 Å². The number of aliphatic hydroxyl groups excluding tert-OH is 1. The molecule has 0 radical (unpaired) electrons. The van der Waals surface area contributed by atoms with Crippen LogP contribution in [0.3, 0.4) is 0 Å². The van der Waals surface area contributed by atoms with Gasteiger partial charge < -0.3 is 19.9 Å². The molecule has 4 rings (SSSR count). The van der Waals surface area contributed by atoms with Crippen molar-refractivity contribution < 1.29 is 24.2 Å². The molecule has 2 atom stereocenters. The summed E-state index contributed by atoms with van der Waals surface area (Å²) in [5, 5.41) is 20.2. The molecule has 1 aliphatic rings. The molecule has 0 aliphatic carbocycles. The molecule has 9 heteroatoms. The van der Waals surface area contributed by atoms with E-state index in [1.165, 1.54) is 12.1 Å². The molecular formula is C23H27FN4O4. The Hall–Kier alpha value is -3.30. The highest BCUT2D eigenvalue weighted by atomic mass is 19.1. The lowest BCUT2D eigenvalue weighted by atomic mass is 10.0. The number of hydrogen-bond acceptors (Lipinski definition) is 5. The summed E-state index contributed by atoms with van der Waals surface area (Å²) in [4.78, 5) is 27.7. The van der Waals surface area contributed by atoms with Crippen molar-refractivity contribution >= 4 is 18.0 Å². The van der Waals surface area contributed by atoms with E-state index in [1.54, 1.807) is 12.1 Å². The molecule has 1 aromatic carbocycles. The summed E-state index contributed by atoms with van der Waals surface area (Å²) in [6.45, 7) is 3.76. The largest absolute Gasteiger partial charge is 0.483 e. The lowest BCUT2D eigenvalue weighted by Crippen LogP contribution is -2.55. The van der Waals surface area contributed by atoms with Gasteiger partial charge >= 0.3 is 0 Å². The summed E-state index contributed by atoms with van der Waals surface area (Å²) < 4.78 is 15.0. The number of benzene rings is 1. The molecule has 8 nitrogen and oxygen atoms in total. The van der Waals surface area contributed by atoms with Crippen LogP contribution in [0.2, 0.25) is 0 Å². The first kappa shape index (κ1) is 23.4. The van der Waals surface area contributed by atoms with Crippen LogP contribution in [0.1, 0.15) is 23.2 Å². The molecule has 1 amide bonds. The summed E-state index contributed by atoms with van der Waals surface area (Å²) in [7, 11) is 0. The van der Waals surface area contributed by atoms with Gasteiger partial charge in [0.05, 0.1) is 24.3 Å². The Morgan fingerprint density at radius 1 is 1.31 bits per heavy atom. The fraction of sp³-hybridized carbons (Fsp3) is 0.348. The number of rotatable bonds is 5.